The molecule has 0 unspecified atom stereocenters. The van der Waals surface area contributed by atoms with Gasteiger partial charge in [0.15, 0.2) is 0 Å². The molecule has 7 heteroatoms. The molecule has 1 rings (SSSR count). The smallest absolute Gasteiger partial charge is 0.242 e. The molecular weight excluding hydrogens is 282 g/mol. The van der Waals surface area contributed by atoms with Gasteiger partial charge in [0.1, 0.15) is 9.88 Å². The van der Waals surface area contributed by atoms with E-state index in [1.54, 1.807) is 0 Å². The Kier molecular flexibility index (Phi) is 5.00. The van der Waals surface area contributed by atoms with Crippen LogP contribution in [0.15, 0.2) is 23.2 Å². The van der Waals surface area contributed by atoms with E-state index in [9.17, 15) is 8.42 Å². The van der Waals surface area contributed by atoms with Crippen molar-refractivity contribution in [3.05, 3.63) is 24.0 Å². The van der Waals surface area contributed by atoms with E-state index in [0.717, 1.165) is 12.8 Å². The zero-order valence-corrected chi connectivity index (χ0v) is 12.9. The maximum Gasteiger partial charge on any atom is 0.242 e. The number of nitrogens with zero attached hydrogens (tertiary/aromatic N) is 1. The standard InChI is InChI=1S/C12H19N3O2S2/c1-4-7-12(2,3)15-19(16,17)9-5-6-10(11(13)18)14-8-9/h5-6,8,15H,4,7H2,1-3H3,(H2,13,18). The Bertz CT molecular complexity index is 551. The highest BCUT2D eigenvalue weighted by molar-refractivity contribution is 7.89. The first-order valence-electron chi connectivity index (χ1n) is 5.98. The lowest BCUT2D eigenvalue weighted by atomic mass is 10.0. The van der Waals surface area contributed by atoms with E-state index in [-0.39, 0.29) is 9.88 Å². The van der Waals surface area contributed by atoms with Gasteiger partial charge in [-0.3, -0.25) is 4.98 Å². The number of pyridine rings is 1. The van der Waals surface area contributed by atoms with E-state index < -0.39 is 15.6 Å². The minimum Gasteiger partial charge on any atom is -0.388 e. The van der Waals surface area contributed by atoms with E-state index in [4.69, 9.17) is 18.0 Å². The lowest BCUT2D eigenvalue weighted by Crippen LogP contribution is -2.43. The Hall–Kier alpha value is -1.05. The molecule has 106 valence electrons. The lowest BCUT2D eigenvalue weighted by Gasteiger charge is -2.25. The third-order valence-corrected chi connectivity index (χ3v) is 4.48. The summed E-state index contributed by atoms with van der Waals surface area (Å²) < 4.78 is 27.0. The van der Waals surface area contributed by atoms with Crippen LogP contribution < -0.4 is 10.5 Å². The predicted molar refractivity (Wildman–Crippen MR) is 79.4 cm³/mol. The molecule has 0 radical (unpaired) electrons. The SMILES string of the molecule is CCCC(C)(C)NS(=O)(=O)c1ccc(C(N)=S)nc1. The molecule has 1 aromatic heterocycles. The van der Waals surface area contributed by atoms with Gasteiger partial charge >= 0.3 is 0 Å². The molecule has 0 saturated carbocycles. The fourth-order valence-electron chi connectivity index (χ4n) is 1.78. The van der Waals surface area contributed by atoms with Gasteiger partial charge in [-0.25, -0.2) is 13.1 Å². The molecular formula is C12H19N3O2S2. The van der Waals surface area contributed by atoms with Gasteiger partial charge in [-0.1, -0.05) is 25.6 Å². The molecule has 3 N–H and O–H groups in total. The van der Waals surface area contributed by atoms with Crippen molar-refractivity contribution in [3.63, 3.8) is 0 Å². The summed E-state index contributed by atoms with van der Waals surface area (Å²) >= 11 is 4.77. The van der Waals surface area contributed by atoms with Crippen molar-refractivity contribution in [1.29, 1.82) is 0 Å². The molecule has 0 fully saturated rings. The first-order chi connectivity index (χ1) is 8.68. The third-order valence-electron chi connectivity index (χ3n) is 2.58. The molecule has 0 atom stereocenters. The van der Waals surface area contributed by atoms with E-state index in [1.807, 2.05) is 20.8 Å². The normalized spacial score (nSPS) is 12.4. The van der Waals surface area contributed by atoms with Crippen LogP contribution in [0, 0.1) is 0 Å². The fraction of sp³-hybridized carbons (Fsp3) is 0.500. The summed E-state index contributed by atoms with van der Waals surface area (Å²) in [6.45, 7) is 5.71. The maximum absolute atomic E-state index is 12.2. The average molecular weight is 301 g/mol. The van der Waals surface area contributed by atoms with Gasteiger partial charge in [0.25, 0.3) is 0 Å². The Morgan fingerprint density at radius 3 is 2.53 bits per heavy atom. The van der Waals surface area contributed by atoms with E-state index in [1.165, 1.54) is 18.3 Å². The van der Waals surface area contributed by atoms with Crippen LogP contribution in [0.25, 0.3) is 0 Å². The van der Waals surface area contributed by atoms with Gasteiger partial charge in [0.05, 0.1) is 5.69 Å². The van der Waals surface area contributed by atoms with Crippen LogP contribution in [0.1, 0.15) is 39.3 Å². The number of rotatable bonds is 6. The van der Waals surface area contributed by atoms with E-state index in [0.29, 0.717) is 5.69 Å². The van der Waals surface area contributed by atoms with Crippen LogP contribution in [0.3, 0.4) is 0 Å². The van der Waals surface area contributed by atoms with Gasteiger partial charge in [0.2, 0.25) is 10.0 Å². The molecule has 1 aromatic rings. The van der Waals surface area contributed by atoms with Crippen molar-refractivity contribution in [3.8, 4) is 0 Å². The van der Waals surface area contributed by atoms with Crippen molar-refractivity contribution in [2.45, 2.75) is 44.0 Å². The number of hydrogen-bond donors (Lipinski definition) is 2. The number of aromatic nitrogens is 1. The van der Waals surface area contributed by atoms with Crippen LogP contribution in [-0.2, 0) is 10.0 Å². The van der Waals surface area contributed by atoms with E-state index in [2.05, 4.69) is 9.71 Å². The zero-order chi connectivity index (χ0) is 14.7. The number of sulfonamides is 1. The Labute approximate surface area is 119 Å². The largest absolute Gasteiger partial charge is 0.388 e. The molecule has 0 bridgehead atoms. The van der Waals surface area contributed by atoms with Crippen molar-refractivity contribution >= 4 is 27.2 Å². The summed E-state index contributed by atoms with van der Waals surface area (Å²) in [5.41, 5.74) is 5.33. The van der Waals surface area contributed by atoms with Crippen LogP contribution in [0.2, 0.25) is 0 Å². The fourth-order valence-corrected chi connectivity index (χ4v) is 3.29. The number of nitrogens with two attached hydrogens (primary N) is 1. The molecule has 0 aliphatic rings. The van der Waals surface area contributed by atoms with Gasteiger partial charge in [0, 0.05) is 11.7 Å². The van der Waals surface area contributed by atoms with Crippen LogP contribution in [-0.4, -0.2) is 23.9 Å². The lowest BCUT2D eigenvalue weighted by molar-refractivity contribution is 0.417. The van der Waals surface area contributed by atoms with Crippen LogP contribution >= 0.6 is 12.2 Å². The highest BCUT2D eigenvalue weighted by Gasteiger charge is 2.25. The minimum atomic E-state index is -3.58. The molecule has 1 heterocycles. The van der Waals surface area contributed by atoms with Crippen molar-refractivity contribution < 1.29 is 8.42 Å². The molecule has 0 aliphatic heterocycles. The predicted octanol–water partition coefficient (Wildman–Crippen LogP) is 1.57. The van der Waals surface area contributed by atoms with Gasteiger partial charge in [-0.15, -0.1) is 0 Å². The van der Waals surface area contributed by atoms with Gasteiger partial charge in [-0.2, -0.15) is 0 Å². The summed E-state index contributed by atoms with van der Waals surface area (Å²) in [6.07, 6.45) is 2.91. The highest BCUT2D eigenvalue weighted by atomic mass is 32.2. The topological polar surface area (TPSA) is 85.1 Å². The molecule has 5 nitrogen and oxygen atoms in total. The Morgan fingerprint density at radius 1 is 1.47 bits per heavy atom. The Morgan fingerprint density at radius 2 is 2.11 bits per heavy atom. The molecule has 0 spiro atoms. The van der Waals surface area contributed by atoms with Crippen LogP contribution in [0.4, 0.5) is 0 Å². The second-order valence-electron chi connectivity index (χ2n) is 4.98. The summed E-state index contributed by atoms with van der Waals surface area (Å²) in [5.74, 6) is 0. The number of hydrogen-bond acceptors (Lipinski definition) is 4. The highest BCUT2D eigenvalue weighted by Crippen LogP contribution is 2.16. The average Bonchev–Trinajstić information content (AvgIpc) is 2.27. The molecule has 0 amide bonds. The number of nitrogens with one attached hydrogen (secondary N) is 1. The summed E-state index contributed by atoms with van der Waals surface area (Å²) in [5, 5.41) is 0. The maximum atomic E-state index is 12.2. The van der Waals surface area contributed by atoms with E-state index >= 15 is 0 Å². The summed E-state index contributed by atoms with van der Waals surface area (Å²) in [4.78, 5) is 4.19. The number of thiocarbonyl (C=S) groups is 1. The molecule has 19 heavy (non-hydrogen) atoms. The molecule has 0 aromatic carbocycles. The minimum absolute atomic E-state index is 0.108. The zero-order valence-electron chi connectivity index (χ0n) is 11.3. The van der Waals surface area contributed by atoms with Gasteiger partial charge < -0.3 is 5.73 Å². The first-order valence-corrected chi connectivity index (χ1v) is 7.87. The van der Waals surface area contributed by atoms with Crippen molar-refractivity contribution in [2.24, 2.45) is 5.73 Å². The summed E-state index contributed by atoms with van der Waals surface area (Å²) in [7, 11) is -3.58. The Balaban J connectivity index is 2.98. The van der Waals surface area contributed by atoms with Crippen LogP contribution in [0.5, 0.6) is 0 Å². The van der Waals surface area contributed by atoms with Crippen molar-refractivity contribution in [1.82, 2.24) is 9.71 Å². The second kappa shape index (κ2) is 5.94. The monoisotopic (exact) mass is 301 g/mol. The second-order valence-corrected chi connectivity index (χ2v) is 7.11. The van der Waals surface area contributed by atoms with Gasteiger partial charge in [-0.05, 0) is 32.4 Å². The first kappa shape index (κ1) is 16.0. The summed E-state index contributed by atoms with van der Waals surface area (Å²) in [6, 6.07) is 2.95. The third kappa shape index (κ3) is 4.52. The molecule has 0 aliphatic carbocycles. The molecule has 0 saturated heterocycles. The van der Waals surface area contributed by atoms with Crippen molar-refractivity contribution in [2.75, 3.05) is 0 Å². The quantitative estimate of drug-likeness (QED) is 0.779.